The van der Waals surface area contributed by atoms with Gasteiger partial charge in [0.2, 0.25) is 0 Å². The van der Waals surface area contributed by atoms with E-state index in [2.05, 4.69) is 38.2 Å². The topological polar surface area (TPSA) is 58.6 Å². The molecule has 2 aliphatic heterocycles. The zero-order chi connectivity index (χ0) is 18.1. The van der Waals surface area contributed by atoms with Crippen molar-refractivity contribution < 1.29 is 14.3 Å². The van der Waals surface area contributed by atoms with Crippen molar-refractivity contribution in [3.8, 4) is 5.75 Å². The second kappa shape index (κ2) is 6.90. The van der Waals surface area contributed by atoms with Crippen LogP contribution < -0.4 is 10.1 Å². The summed E-state index contributed by atoms with van der Waals surface area (Å²) in [5.74, 6) is 2.35. The van der Waals surface area contributed by atoms with Crippen LogP contribution in [-0.4, -0.2) is 47.0 Å². The van der Waals surface area contributed by atoms with Crippen molar-refractivity contribution in [3.63, 3.8) is 0 Å². The second-order valence-electron chi connectivity index (χ2n) is 7.75. The number of nitrogens with one attached hydrogen (secondary N) is 1. The summed E-state index contributed by atoms with van der Waals surface area (Å²) < 4.78 is 5.75. The SMILES string of the molecule is CC(C)(C)c1ccc(OCCCN2C(=O)NC3(CCSC3)C2=O)cc1. The minimum Gasteiger partial charge on any atom is -0.494 e. The normalized spacial score (nSPS) is 23.4. The molecule has 25 heavy (non-hydrogen) atoms. The molecular weight excluding hydrogens is 336 g/mol. The van der Waals surface area contributed by atoms with Gasteiger partial charge in [-0.1, -0.05) is 32.9 Å². The maximum absolute atomic E-state index is 12.5. The molecule has 3 amide bonds. The summed E-state index contributed by atoms with van der Waals surface area (Å²) in [6.07, 6.45) is 1.36. The fraction of sp³-hybridized carbons (Fsp3) is 0.579. The standard InChI is InChI=1S/C19H26N2O3S/c1-18(2,3)14-5-7-15(8-6-14)24-11-4-10-21-16(22)19(20-17(21)23)9-12-25-13-19/h5-8H,4,9-13H2,1-3H3,(H,20,23). The molecule has 1 aromatic rings. The molecule has 0 bridgehead atoms. The molecule has 0 aliphatic carbocycles. The highest BCUT2D eigenvalue weighted by Gasteiger charge is 2.52. The molecular formula is C19H26N2O3S. The van der Waals surface area contributed by atoms with Gasteiger partial charge in [-0.15, -0.1) is 0 Å². The van der Waals surface area contributed by atoms with Gasteiger partial charge in [-0.25, -0.2) is 4.79 Å². The number of thioether (sulfide) groups is 1. The first kappa shape index (κ1) is 18.1. The van der Waals surface area contributed by atoms with Crippen LogP contribution in [0.2, 0.25) is 0 Å². The number of rotatable bonds is 5. The van der Waals surface area contributed by atoms with E-state index >= 15 is 0 Å². The highest BCUT2D eigenvalue weighted by molar-refractivity contribution is 7.99. The van der Waals surface area contributed by atoms with E-state index in [1.165, 1.54) is 10.5 Å². The van der Waals surface area contributed by atoms with Crippen LogP contribution in [0.25, 0.3) is 0 Å². The number of nitrogens with zero attached hydrogens (tertiary/aromatic N) is 1. The summed E-state index contributed by atoms with van der Waals surface area (Å²) in [6.45, 7) is 7.41. The van der Waals surface area contributed by atoms with Crippen LogP contribution in [0.1, 0.15) is 39.2 Å². The van der Waals surface area contributed by atoms with Crippen molar-refractivity contribution in [2.75, 3.05) is 24.7 Å². The molecule has 2 saturated heterocycles. The number of benzene rings is 1. The molecule has 136 valence electrons. The lowest BCUT2D eigenvalue weighted by Crippen LogP contribution is -2.47. The molecule has 6 heteroatoms. The number of urea groups is 1. The Labute approximate surface area is 153 Å². The Balaban J connectivity index is 1.47. The molecule has 1 atom stereocenters. The molecule has 1 unspecified atom stereocenters. The van der Waals surface area contributed by atoms with Crippen LogP contribution in [-0.2, 0) is 10.2 Å². The summed E-state index contributed by atoms with van der Waals surface area (Å²) >= 11 is 1.72. The lowest BCUT2D eigenvalue weighted by molar-refractivity contribution is -0.130. The van der Waals surface area contributed by atoms with E-state index in [0.717, 1.165) is 17.9 Å². The van der Waals surface area contributed by atoms with E-state index in [9.17, 15) is 9.59 Å². The number of ether oxygens (including phenoxy) is 1. The summed E-state index contributed by atoms with van der Waals surface area (Å²) in [4.78, 5) is 26.0. The number of imide groups is 1. The first-order chi connectivity index (χ1) is 11.8. The zero-order valence-corrected chi connectivity index (χ0v) is 15.9. The van der Waals surface area contributed by atoms with Crippen LogP contribution in [0.5, 0.6) is 5.75 Å². The predicted molar refractivity (Wildman–Crippen MR) is 100 cm³/mol. The highest BCUT2D eigenvalue weighted by atomic mass is 32.2. The smallest absolute Gasteiger partial charge is 0.325 e. The number of hydrogen-bond donors (Lipinski definition) is 1. The Kier molecular flexibility index (Phi) is 5.00. The van der Waals surface area contributed by atoms with Crippen LogP contribution in [0.4, 0.5) is 4.79 Å². The average Bonchev–Trinajstić information content (AvgIpc) is 3.11. The predicted octanol–water partition coefficient (Wildman–Crippen LogP) is 3.18. The van der Waals surface area contributed by atoms with Gasteiger partial charge >= 0.3 is 6.03 Å². The summed E-state index contributed by atoms with van der Waals surface area (Å²) in [6, 6.07) is 7.84. The van der Waals surface area contributed by atoms with Gasteiger partial charge in [-0.05, 0) is 41.7 Å². The Morgan fingerprint density at radius 1 is 1.24 bits per heavy atom. The summed E-state index contributed by atoms with van der Waals surface area (Å²) in [5, 5.41) is 2.88. The van der Waals surface area contributed by atoms with E-state index in [1.807, 2.05) is 12.1 Å². The van der Waals surface area contributed by atoms with E-state index in [-0.39, 0.29) is 17.4 Å². The van der Waals surface area contributed by atoms with Gasteiger partial charge in [0.05, 0.1) is 6.61 Å². The van der Waals surface area contributed by atoms with Gasteiger partial charge in [0.1, 0.15) is 11.3 Å². The molecule has 0 aromatic heterocycles. The highest BCUT2D eigenvalue weighted by Crippen LogP contribution is 2.33. The molecule has 3 rings (SSSR count). The lowest BCUT2D eigenvalue weighted by Gasteiger charge is -2.20. The summed E-state index contributed by atoms with van der Waals surface area (Å²) in [7, 11) is 0. The van der Waals surface area contributed by atoms with Crippen LogP contribution in [0.3, 0.4) is 0 Å². The third-order valence-electron chi connectivity index (χ3n) is 4.78. The van der Waals surface area contributed by atoms with Crippen LogP contribution in [0.15, 0.2) is 24.3 Å². The monoisotopic (exact) mass is 362 g/mol. The first-order valence-corrected chi connectivity index (χ1v) is 9.93. The third kappa shape index (κ3) is 3.78. The maximum atomic E-state index is 12.5. The second-order valence-corrected chi connectivity index (χ2v) is 8.85. The van der Waals surface area contributed by atoms with Crippen molar-refractivity contribution in [1.29, 1.82) is 0 Å². The Morgan fingerprint density at radius 2 is 1.96 bits per heavy atom. The van der Waals surface area contributed by atoms with E-state index in [0.29, 0.717) is 25.3 Å². The number of amides is 3. The fourth-order valence-corrected chi connectivity index (χ4v) is 4.50. The molecule has 0 radical (unpaired) electrons. The van der Waals surface area contributed by atoms with E-state index < -0.39 is 5.54 Å². The molecule has 1 N–H and O–H groups in total. The molecule has 2 heterocycles. The zero-order valence-electron chi connectivity index (χ0n) is 15.1. The van der Waals surface area contributed by atoms with Gasteiger partial charge in [0, 0.05) is 12.3 Å². The van der Waals surface area contributed by atoms with Gasteiger partial charge < -0.3 is 10.1 Å². The molecule has 1 aromatic carbocycles. The number of carbonyl (C=O) groups excluding carboxylic acids is 2. The molecule has 2 aliphatic rings. The number of hydrogen-bond acceptors (Lipinski definition) is 4. The van der Waals surface area contributed by atoms with Gasteiger partial charge in [-0.3, -0.25) is 9.69 Å². The Hall–Kier alpha value is -1.69. The Bertz CT molecular complexity index is 646. The van der Waals surface area contributed by atoms with Crippen molar-refractivity contribution >= 4 is 23.7 Å². The minimum absolute atomic E-state index is 0.0722. The molecule has 2 fully saturated rings. The van der Waals surface area contributed by atoms with Gasteiger partial charge in [-0.2, -0.15) is 11.8 Å². The number of carbonyl (C=O) groups is 2. The average molecular weight is 362 g/mol. The first-order valence-electron chi connectivity index (χ1n) is 8.77. The van der Waals surface area contributed by atoms with Crippen molar-refractivity contribution in [2.45, 2.75) is 44.6 Å². The summed E-state index contributed by atoms with van der Waals surface area (Å²) in [5.41, 5.74) is 0.737. The van der Waals surface area contributed by atoms with Crippen LogP contribution in [0, 0.1) is 0 Å². The van der Waals surface area contributed by atoms with Crippen molar-refractivity contribution in [1.82, 2.24) is 10.2 Å². The van der Waals surface area contributed by atoms with E-state index in [1.54, 1.807) is 11.8 Å². The Morgan fingerprint density at radius 3 is 2.56 bits per heavy atom. The molecule has 5 nitrogen and oxygen atoms in total. The van der Waals surface area contributed by atoms with Crippen LogP contribution >= 0.6 is 11.8 Å². The maximum Gasteiger partial charge on any atom is 0.325 e. The molecule has 1 spiro atoms. The van der Waals surface area contributed by atoms with Crippen molar-refractivity contribution in [2.24, 2.45) is 0 Å². The minimum atomic E-state index is -0.647. The lowest BCUT2D eigenvalue weighted by atomic mass is 9.87. The largest absolute Gasteiger partial charge is 0.494 e. The third-order valence-corrected chi connectivity index (χ3v) is 5.97. The van der Waals surface area contributed by atoms with E-state index in [4.69, 9.17) is 4.74 Å². The fourth-order valence-electron chi connectivity index (χ4n) is 3.18. The van der Waals surface area contributed by atoms with Gasteiger partial charge in [0.25, 0.3) is 5.91 Å². The van der Waals surface area contributed by atoms with Crippen molar-refractivity contribution in [3.05, 3.63) is 29.8 Å². The van der Waals surface area contributed by atoms with Gasteiger partial charge in [0.15, 0.2) is 0 Å². The quantitative estimate of drug-likeness (QED) is 0.646. The molecule has 0 saturated carbocycles.